The Morgan fingerprint density at radius 3 is 2.88 bits per heavy atom. The minimum absolute atomic E-state index is 0.0322. The molecule has 17 heavy (non-hydrogen) atoms. The zero-order valence-corrected chi connectivity index (χ0v) is 10.5. The third kappa shape index (κ3) is 3.23. The molecule has 2 N–H and O–H groups in total. The van der Waals surface area contributed by atoms with E-state index < -0.39 is 5.82 Å². The van der Waals surface area contributed by atoms with E-state index in [0.717, 1.165) is 6.54 Å². The summed E-state index contributed by atoms with van der Waals surface area (Å²) in [7, 11) is 2.07. The lowest BCUT2D eigenvalue weighted by atomic mass is 10.3. The summed E-state index contributed by atoms with van der Waals surface area (Å²) < 4.78 is 18.6. The smallest absolute Gasteiger partial charge is 0.144 e. The van der Waals surface area contributed by atoms with Gasteiger partial charge in [0.25, 0.3) is 0 Å². The van der Waals surface area contributed by atoms with E-state index in [0.29, 0.717) is 18.4 Å². The van der Waals surface area contributed by atoms with Gasteiger partial charge in [-0.1, -0.05) is 11.6 Å². The molecular formula is C12H16ClFN2O. The SMILES string of the molecule is CN(CCOc1cc(Cl)c(F)cc1N)C1CC1. The van der Waals surface area contributed by atoms with Crippen LogP contribution in [0.3, 0.4) is 0 Å². The highest BCUT2D eigenvalue weighted by Crippen LogP contribution is 2.28. The number of anilines is 1. The molecule has 94 valence electrons. The van der Waals surface area contributed by atoms with Crippen LogP contribution >= 0.6 is 11.6 Å². The Morgan fingerprint density at radius 2 is 2.24 bits per heavy atom. The van der Waals surface area contributed by atoms with Crippen LogP contribution in [0.25, 0.3) is 0 Å². The minimum Gasteiger partial charge on any atom is -0.490 e. The monoisotopic (exact) mass is 258 g/mol. The first kappa shape index (κ1) is 12.5. The first-order chi connectivity index (χ1) is 8.08. The average Bonchev–Trinajstić information content (AvgIpc) is 3.09. The zero-order valence-electron chi connectivity index (χ0n) is 9.75. The van der Waals surface area contributed by atoms with E-state index in [-0.39, 0.29) is 10.7 Å². The lowest BCUT2D eigenvalue weighted by Gasteiger charge is -2.16. The number of halogens is 2. The number of likely N-dealkylation sites (N-methyl/N-ethyl adjacent to an activating group) is 1. The van der Waals surface area contributed by atoms with Gasteiger partial charge in [0.05, 0.1) is 10.7 Å². The van der Waals surface area contributed by atoms with Crippen LogP contribution in [0.5, 0.6) is 5.75 Å². The maximum Gasteiger partial charge on any atom is 0.144 e. The Hall–Kier alpha value is -1.00. The topological polar surface area (TPSA) is 38.5 Å². The Labute approximate surface area is 105 Å². The molecule has 0 unspecified atom stereocenters. The summed E-state index contributed by atoms with van der Waals surface area (Å²) in [5.74, 6) is -0.0767. The molecule has 1 aromatic carbocycles. The lowest BCUT2D eigenvalue weighted by Crippen LogP contribution is -2.26. The van der Waals surface area contributed by atoms with Gasteiger partial charge in [0.15, 0.2) is 0 Å². The normalized spacial score (nSPS) is 15.3. The summed E-state index contributed by atoms with van der Waals surface area (Å²) in [5, 5.41) is 0.0322. The van der Waals surface area contributed by atoms with E-state index >= 15 is 0 Å². The average molecular weight is 259 g/mol. The van der Waals surface area contributed by atoms with Crippen LogP contribution in [-0.2, 0) is 0 Å². The summed E-state index contributed by atoms with van der Waals surface area (Å²) in [6, 6.07) is 3.30. The Bertz CT molecular complexity index is 410. The third-order valence-corrected chi connectivity index (χ3v) is 3.21. The van der Waals surface area contributed by atoms with Crippen molar-refractivity contribution in [1.82, 2.24) is 4.90 Å². The van der Waals surface area contributed by atoms with Crippen molar-refractivity contribution >= 4 is 17.3 Å². The predicted octanol–water partition coefficient (Wildman–Crippen LogP) is 2.53. The van der Waals surface area contributed by atoms with Crippen molar-refractivity contribution in [3.05, 3.63) is 23.0 Å². The number of nitrogens with zero attached hydrogens (tertiary/aromatic N) is 1. The van der Waals surface area contributed by atoms with Crippen LogP contribution in [0.1, 0.15) is 12.8 Å². The molecule has 0 saturated heterocycles. The van der Waals surface area contributed by atoms with E-state index in [9.17, 15) is 4.39 Å². The van der Waals surface area contributed by atoms with Gasteiger partial charge in [0.1, 0.15) is 18.2 Å². The molecule has 1 aliphatic carbocycles. The molecule has 1 aliphatic rings. The van der Waals surface area contributed by atoms with Crippen molar-refractivity contribution in [3.8, 4) is 5.75 Å². The van der Waals surface area contributed by atoms with Crippen molar-refractivity contribution in [2.24, 2.45) is 0 Å². The van der Waals surface area contributed by atoms with Crippen molar-refractivity contribution in [3.63, 3.8) is 0 Å². The maximum absolute atomic E-state index is 13.0. The van der Waals surface area contributed by atoms with Gasteiger partial charge < -0.3 is 15.4 Å². The number of nitrogens with two attached hydrogens (primary N) is 1. The first-order valence-electron chi connectivity index (χ1n) is 5.65. The fourth-order valence-electron chi connectivity index (χ4n) is 1.67. The van der Waals surface area contributed by atoms with Crippen LogP contribution in [-0.4, -0.2) is 31.1 Å². The van der Waals surface area contributed by atoms with Crippen molar-refractivity contribution in [1.29, 1.82) is 0 Å². The number of benzene rings is 1. The zero-order chi connectivity index (χ0) is 12.4. The highest BCUT2D eigenvalue weighted by Gasteiger charge is 2.25. The van der Waals surface area contributed by atoms with Crippen LogP contribution in [0.4, 0.5) is 10.1 Å². The van der Waals surface area contributed by atoms with Crippen LogP contribution < -0.4 is 10.5 Å². The van der Waals surface area contributed by atoms with E-state index in [1.807, 2.05) is 0 Å². The molecule has 0 heterocycles. The molecule has 1 saturated carbocycles. The van der Waals surface area contributed by atoms with Gasteiger partial charge in [0.2, 0.25) is 0 Å². The van der Waals surface area contributed by atoms with Gasteiger partial charge in [-0.3, -0.25) is 0 Å². The standard InChI is InChI=1S/C12H16ClFN2O/c1-16(8-2-3-8)4-5-17-12-6-9(13)10(14)7-11(12)15/h6-8H,2-5,15H2,1H3. The number of rotatable bonds is 5. The lowest BCUT2D eigenvalue weighted by molar-refractivity contribution is 0.232. The van der Waals surface area contributed by atoms with E-state index in [4.69, 9.17) is 22.1 Å². The van der Waals surface area contributed by atoms with Crippen LogP contribution in [0, 0.1) is 5.82 Å². The molecule has 0 aromatic heterocycles. The Kier molecular flexibility index (Phi) is 3.74. The number of ether oxygens (including phenoxy) is 1. The minimum atomic E-state index is -0.522. The predicted molar refractivity (Wildman–Crippen MR) is 67.0 cm³/mol. The van der Waals surface area contributed by atoms with E-state index in [1.165, 1.54) is 25.0 Å². The Morgan fingerprint density at radius 1 is 1.53 bits per heavy atom. The molecule has 1 aromatic rings. The van der Waals surface area contributed by atoms with Gasteiger partial charge in [0, 0.05) is 24.7 Å². The number of hydrogen-bond acceptors (Lipinski definition) is 3. The van der Waals surface area contributed by atoms with Gasteiger partial charge >= 0.3 is 0 Å². The second-order valence-corrected chi connectivity index (χ2v) is 4.77. The highest BCUT2D eigenvalue weighted by molar-refractivity contribution is 6.31. The Balaban J connectivity index is 1.87. The first-order valence-corrected chi connectivity index (χ1v) is 6.03. The molecule has 0 atom stereocenters. The second kappa shape index (κ2) is 5.10. The van der Waals surface area contributed by atoms with Crippen molar-refractivity contribution in [2.45, 2.75) is 18.9 Å². The fraction of sp³-hybridized carbons (Fsp3) is 0.500. The molecule has 0 radical (unpaired) electrons. The quantitative estimate of drug-likeness (QED) is 0.825. The molecule has 0 amide bonds. The summed E-state index contributed by atoms with van der Waals surface area (Å²) in [5.41, 5.74) is 5.92. The summed E-state index contributed by atoms with van der Waals surface area (Å²) in [4.78, 5) is 2.25. The number of nitrogen functional groups attached to an aromatic ring is 1. The number of hydrogen-bond donors (Lipinski definition) is 1. The van der Waals surface area contributed by atoms with Crippen LogP contribution in [0.2, 0.25) is 5.02 Å². The van der Waals surface area contributed by atoms with E-state index in [2.05, 4.69) is 11.9 Å². The van der Waals surface area contributed by atoms with Crippen molar-refractivity contribution in [2.75, 3.05) is 25.9 Å². The molecule has 0 spiro atoms. The molecule has 0 aliphatic heterocycles. The molecular weight excluding hydrogens is 243 g/mol. The van der Waals surface area contributed by atoms with Gasteiger partial charge in [-0.25, -0.2) is 4.39 Å². The third-order valence-electron chi connectivity index (χ3n) is 2.92. The van der Waals surface area contributed by atoms with Gasteiger partial charge in [-0.2, -0.15) is 0 Å². The molecule has 0 bridgehead atoms. The molecule has 1 fully saturated rings. The van der Waals surface area contributed by atoms with Crippen molar-refractivity contribution < 1.29 is 9.13 Å². The van der Waals surface area contributed by atoms with Crippen LogP contribution in [0.15, 0.2) is 12.1 Å². The largest absolute Gasteiger partial charge is 0.490 e. The second-order valence-electron chi connectivity index (χ2n) is 4.36. The summed E-state index contributed by atoms with van der Waals surface area (Å²) >= 11 is 5.67. The molecule has 3 nitrogen and oxygen atoms in total. The fourth-order valence-corrected chi connectivity index (χ4v) is 1.82. The maximum atomic E-state index is 13.0. The molecule has 5 heteroatoms. The summed E-state index contributed by atoms with van der Waals surface area (Å²) in [6.07, 6.45) is 2.53. The molecule has 2 rings (SSSR count). The van der Waals surface area contributed by atoms with E-state index in [1.54, 1.807) is 0 Å². The van der Waals surface area contributed by atoms with Gasteiger partial charge in [-0.15, -0.1) is 0 Å². The summed E-state index contributed by atoms with van der Waals surface area (Å²) in [6.45, 7) is 1.36. The highest BCUT2D eigenvalue weighted by atomic mass is 35.5. The van der Waals surface area contributed by atoms with Gasteiger partial charge in [-0.05, 0) is 19.9 Å².